The van der Waals surface area contributed by atoms with Crippen LogP contribution in [0.15, 0.2) is 71.6 Å². The van der Waals surface area contributed by atoms with Crippen LogP contribution in [0.3, 0.4) is 0 Å². The van der Waals surface area contributed by atoms with Crippen molar-refractivity contribution >= 4 is 27.5 Å². The van der Waals surface area contributed by atoms with E-state index in [-0.39, 0.29) is 41.1 Å². The molecule has 0 aliphatic heterocycles. The van der Waals surface area contributed by atoms with Gasteiger partial charge < -0.3 is 24.4 Å². The van der Waals surface area contributed by atoms with Gasteiger partial charge in [-0.15, -0.1) is 0 Å². The van der Waals surface area contributed by atoms with Gasteiger partial charge in [0.1, 0.15) is 24.2 Å². The van der Waals surface area contributed by atoms with Gasteiger partial charge in [-0.1, -0.05) is 32.9 Å². The van der Waals surface area contributed by atoms with Gasteiger partial charge in [-0.3, -0.25) is 13.9 Å². The van der Waals surface area contributed by atoms with Gasteiger partial charge in [-0.25, -0.2) is 12.8 Å². The zero-order valence-corrected chi connectivity index (χ0v) is 26.7. The van der Waals surface area contributed by atoms with Gasteiger partial charge in [0, 0.05) is 19.2 Å². The van der Waals surface area contributed by atoms with E-state index in [2.05, 4.69) is 5.32 Å². The third-order valence-electron chi connectivity index (χ3n) is 6.89. The summed E-state index contributed by atoms with van der Waals surface area (Å²) in [7, 11) is -0.0792. The highest BCUT2D eigenvalue weighted by Crippen LogP contribution is 2.32. The van der Waals surface area contributed by atoms with Crippen molar-refractivity contribution in [3.63, 3.8) is 0 Å². The smallest absolute Gasteiger partial charge is 0.264 e. The standard InChI is InChI=1S/C32H40FN3O7S/c1-7-28(32(38)34-19-22(2)3)35(20-23-9-8-10-26(17-23)41-4)31(37)21-36(25-13-11-24(33)12-14-25)44(39,40)27-15-16-29(42-5)30(18-27)43-6/h8-18,22,28H,7,19-21H2,1-6H3,(H,34,38)/t28-/m1/s1. The summed E-state index contributed by atoms with van der Waals surface area (Å²) in [5.41, 5.74) is 0.747. The predicted molar refractivity (Wildman–Crippen MR) is 166 cm³/mol. The average molecular weight is 630 g/mol. The highest BCUT2D eigenvalue weighted by molar-refractivity contribution is 7.92. The molecule has 2 amide bonds. The average Bonchev–Trinajstić information content (AvgIpc) is 3.02. The van der Waals surface area contributed by atoms with Crippen molar-refractivity contribution in [3.8, 4) is 17.2 Å². The molecule has 0 aromatic heterocycles. The van der Waals surface area contributed by atoms with Crippen molar-refractivity contribution in [2.45, 2.75) is 44.7 Å². The molecule has 0 aliphatic rings. The number of anilines is 1. The lowest BCUT2D eigenvalue weighted by atomic mass is 10.1. The fourth-order valence-electron chi connectivity index (χ4n) is 4.55. The predicted octanol–water partition coefficient (Wildman–Crippen LogP) is 4.63. The maximum Gasteiger partial charge on any atom is 0.264 e. The lowest BCUT2D eigenvalue weighted by Gasteiger charge is -2.33. The van der Waals surface area contributed by atoms with Crippen molar-refractivity contribution in [2.24, 2.45) is 5.92 Å². The van der Waals surface area contributed by atoms with Gasteiger partial charge >= 0.3 is 0 Å². The Labute approximate surface area is 258 Å². The van der Waals surface area contributed by atoms with E-state index in [9.17, 15) is 22.4 Å². The minimum Gasteiger partial charge on any atom is -0.497 e. The van der Waals surface area contributed by atoms with Crippen molar-refractivity contribution < 1.29 is 36.6 Å². The number of hydrogen-bond acceptors (Lipinski definition) is 7. The van der Waals surface area contributed by atoms with Crippen molar-refractivity contribution in [3.05, 3.63) is 78.1 Å². The van der Waals surface area contributed by atoms with Crippen molar-refractivity contribution in [1.82, 2.24) is 10.2 Å². The van der Waals surface area contributed by atoms with Gasteiger partial charge in [0.25, 0.3) is 10.0 Å². The maximum absolute atomic E-state index is 14.2. The summed E-state index contributed by atoms with van der Waals surface area (Å²) in [6.45, 7) is 5.45. The number of ether oxygens (including phenoxy) is 3. The van der Waals surface area contributed by atoms with Crippen molar-refractivity contribution in [1.29, 1.82) is 0 Å². The molecular formula is C32H40FN3O7S. The third-order valence-corrected chi connectivity index (χ3v) is 8.66. The summed E-state index contributed by atoms with van der Waals surface area (Å²) in [5.74, 6) is -0.321. The Morgan fingerprint density at radius 2 is 1.59 bits per heavy atom. The Morgan fingerprint density at radius 3 is 2.18 bits per heavy atom. The maximum atomic E-state index is 14.2. The second-order valence-corrected chi connectivity index (χ2v) is 12.3. The molecule has 1 atom stereocenters. The van der Waals surface area contributed by atoms with E-state index in [0.717, 1.165) is 16.4 Å². The molecule has 0 bridgehead atoms. The Morgan fingerprint density at radius 1 is 0.909 bits per heavy atom. The quantitative estimate of drug-likeness (QED) is 0.261. The van der Waals surface area contributed by atoms with E-state index in [1.807, 2.05) is 13.8 Å². The highest BCUT2D eigenvalue weighted by atomic mass is 32.2. The Kier molecular flexibility index (Phi) is 12.0. The molecule has 0 heterocycles. The van der Waals surface area contributed by atoms with E-state index in [0.29, 0.717) is 23.6 Å². The largest absolute Gasteiger partial charge is 0.497 e. The second kappa shape index (κ2) is 15.4. The highest BCUT2D eigenvalue weighted by Gasteiger charge is 2.34. The first-order valence-corrected chi connectivity index (χ1v) is 15.6. The van der Waals surface area contributed by atoms with E-state index >= 15 is 0 Å². The molecule has 3 rings (SSSR count). The number of nitrogens with one attached hydrogen (secondary N) is 1. The number of sulfonamides is 1. The number of nitrogens with zero attached hydrogens (tertiary/aromatic N) is 2. The first-order valence-electron chi connectivity index (χ1n) is 14.2. The number of hydrogen-bond donors (Lipinski definition) is 1. The normalized spacial score (nSPS) is 11.9. The molecule has 0 fully saturated rings. The van der Waals surface area contributed by atoms with Gasteiger partial charge in [0.15, 0.2) is 11.5 Å². The van der Waals surface area contributed by atoms with Gasteiger partial charge in [0.05, 0.1) is 31.9 Å². The molecule has 3 aromatic rings. The molecule has 0 saturated heterocycles. The summed E-state index contributed by atoms with van der Waals surface area (Å²) >= 11 is 0. The molecule has 10 nitrogen and oxygen atoms in total. The summed E-state index contributed by atoms with van der Waals surface area (Å²) in [6.07, 6.45) is 0.276. The van der Waals surface area contributed by atoms with Gasteiger partial charge in [-0.05, 0) is 66.4 Å². The number of amides is 2. The minimum absolute atomic E-state index is 0.0112. The molecule has 0 aliphatic carbocycles. The van der Waals surface area contributed by atoms with Crippen LogP contribution in [0.1, 0.15) is 32.8 Å². The summed E-state index contributed by atoms with van der Waals surface area (Å²) in [5, 5.41) is 2.89. The van der Waals surface area contributed by atoms with Crippen LogP contribution in [-0.2, 0) is 26.2 Å². The van der Waals surface area contributed by atoms with Gasteiger partial charge in [-0.2, -0.15) is 0 Å². The molecule has 238 valence electrons. The zero-order valence-electron chi connectivity index (χ0n) is 25.9. The zero-order chi connectivity index (χ0) is 32.4. The molecule has 0 saturated carbocycles. The third kappa shape index (κ3) is 8.40. The second-order valence-electron chi connectivity index (χ2n) is 10.4. The van der Waals surface area contributed by atoms with Crippen molar-refractivity contribution in [2.75, 3.05) is 38.7 Å². The lowest BCUT2D eigenvalue weighted by molar-refractivity contribution is -0.140. The van der Waals surface area contributed by atoms with Crippen LogP contribution in [0.5, 0.6) is 17.2 Å². The summed E-state index contributed by atoms with van der Waals surface area (Å²) < 4.78 is 58.9. The van der Waals surface area contributed by atoms with Crippen LogP contribution in [0, 0.1) is 11.7 Å². The van der Waals surface area contributed by atoms with E-state index in [1.54, 1.807) is 31.2 Å². The van der Waals surface area contributed by atoms with E-state index in [1.165, 1.54) is 56.6 Å². The van der Waals surface area contributed by atoms with Crippen LogP contribution in [0.25, 0.3) is 0 Å². The molecular weight excluding hydrogens is 589 g/mol. The van der Waals surface area contributed by atoms with Crippen LogP contribution in [0.2, 0.25) is 0 Å². The van der Waals surface area contributed by atoms with Crippen LogP contribution >= 0.6 is 0 Å². The fraction of sp³-hybridized carbons (Fsp3) is 0.375. The van der Waals surface area contributed by atoms with E-state index < -0.39 is 34.3 Å². The molecule has 12 heteroatoms. The van der Waals surface area contributed by atoms with Gasteiger partial charge in [0.2, 0.25) is 11.8 Å². The van der Waals surface area contributed by atoms with Crippen LogP contribution < -0.4 is 23.8 Å². The Bertz CT molecular complexity index is 1530. The summed E-state index contributed by atoms with van der Waals surface area (Å²) in [4.78, 5) is 28.7. The molecule has 44 heavy (non-hydrogen) atoms. The summed E-state index contributed by atoms with van der Waals surface area (Å²) in [6, 6.07) is 15.0. The number of rotatable bonds is 15. The first-order chi connectivity index (χ1) is 20.9. The van der Waals surface area contributed by atoms with Crippen LogP contribution in [-0.4, -0.2) is 65.6 Å². The fourth-order valence-corrected chi connectivity index (χ4v) is 5.98. The topological polar surface area (TPSA) is 114 Å². The molecule has 1 N–H and O–H groups in total. The van der Waals surface area contributed by atoms with E-state index in [4.69, 9.17) is 14.2 Å². The number of carbonyl (C=O) groups excluding carboxylic acids is 2. The lowest BCUT2D eigenvalue weighted by Crippen LogP contribution is -2.52. The molecule has 0 spiro atoms. The molecule has 0 radical (unpaired) electrons. The number of halogens is 1. The SMILES string of the molecule is CC[C@H](C(=O)NCC(C)C)N(Cc1cccc(OC)c1)C(=O)CN(c1ccc(F)cc1)S(=O)(=O)c1ccc(OC)c(OC)c1. The number of methoxy groups -OCH3 is 3. The molecule has 3 aromatic carbocycles. The Hall–Kier alpha value is -4.32. The minimum atomic E-state index is -4.40. The molecule has 0 unspecified atom stereocenters. The Balaban J connectivity index is 2.09. The van der Waals surface area contributed by atoms with Crippen LogP contribution in [0.4, 0.5) is 10.1 Å². The number of benzene rings is 3. The first kappa shape index (κ1) is 34.2. The monoisotopic (exact) mass is 629 g/mol. The number of carbonyl (C=O) groups is 2.